The molecule has 2 fully saturated rings. The molecule has 1 aromatic carbocycles. The van der Waals surface area contributed by atoms with Crippen molar-refractivity contribution in [2.75, 3.05) is 64.9 Å². The van der Waals surface area contributed by atoms with Crippen LogP contribution in [0.3, 0.4) is 0 Å². The van der Waals surface area contributed by atoms with Gasteiger partial charge in [-0.1, -0.05) is 12.1 Å². The summed E-state index contributed by atoms with van der Waals surface area (Å²) in [5, 5.41) is 3.42. The molecule has 0 spiro atoms. The van der Waals surface area contributed by atoms with Gasteiger partial charge in [0.1, 0.15) is 12.4 Å². The molecule has 0 saturated carbocycles. The first-order valence-corrected chi connectivity index (χ1v) is 9.76. The van der Waals surface area contributed by atoms with Crippen molar-refractivity contribution >= 4 is 48.8 Å². The van der Waals surface area contributed by atoms with E-state index in [0.717, 1.165) is 57.1 Å². The second-order valence-electron chi connectivity index (χ2n) is 7.48. The standard InChI is InChI=1S/C20H32N4O2.3ClH/c1-22(2)14-15-26-19-8-4-3-7-18(19)23-10-12-24(13-11-23)20(25)16-17-6-5-9-21-17;;;/h3-4,7-8,17,21H,5-6,9-16H2,1-2H3;3*1H. The number of carbonyl (C=O) groups is 1. The molecule has 1 N–H and O–H groups in total. The van der Waals surface area contributed by atoms with Gasteiger partial charge in [-0.2, -0.15) is 0 Å². The first-order valence-electron chi connectivity index (χ1n) is 9.76. The van der Waals surface area contributed by atoms with Crippen LogP contribution in [-0.2, 0) is 4.79 Å². The van der Waals surface area contributed by atoms with Crippen molar-refractivity contribution < 1.29 is 9.53 Å². The van der Waals surface area contributed by atoms with Crippen LogP contribution >= 0.6 is 37.2 Å². The van der Waals surface area contributed by atoms with E-state index in [9.17, 15) is 4.79 Å². The predicted molar refractivity (Wildman–Crippen MR) is 127 cm³/mol. The van der Waals surface area contributed by atoms with Gasteiger partial charge in [0, 0.05) is 45.2 Å². The number of hydrogen-bond acceptors (Lipinski definition) is 5. The van der Waals surface area contributed by atoms with Crippen LogP contribution in [0, 0.1) is 0 Å². The third-order valence-electron chi connectivity index (χ3n) is 5.22. The van der Waals surface area contributed by atoms with E-state index >= 15 is 0 Å². The van der Waals surface area contributed by atoms with E-state index in [1.807, 2.05) is 31.1 Å². The maximum absolute atomic E-state index is 12.5. The van der Waals surface area contributed by atoms with E-state index in [4.69, 9.17) is 4.74 Å². The maximum Gasteiger partial charge on any atom is 0.224 e. The lowest BCUT2D eigenvalue weighted by atomic mass is 10.1. The second-order valence-corrected chi connectivity index (χ2v) is 7.48. The molecule has 168 valence electrons. The lowest BCUT2D eigenvalue weighted by Gasteiger charge is -2.37. The smallest absolute Gasteiger partial charge is 0.224 e. The van der Waals surface area contributed by atoms with E-state index < -0.39 is 0 Å². The SMILES string of the molecule is CN(C)CCOc1ccccc1N1CCN(C(=O)CC2CCCN2)CC1.Cl.Cl.Cl. The maximum atomic E-state index is 12.5. The van der Waals surface area contributed by atoms with Crippen LogP contribution in [0.5, 0.6) is 5.75 Å². The van der Waals surface area contributed by atoms with Crippen molar-refractivity contribution in [3.63, 3.8) is 0 Å². The van der Waals surface area contributed by atoms with Gasteiger partial charge in [0.2, 0.25) is 5.91 Å². The van der Waals surface area contributed by atoms with E-state index in [0.29, 0.717) is 25.0 Å². The number of nitrogens with one attached hydrogen (secondary N) is 1. The minimum atomic E-state index is 0. The first-order chi connectivity index (χ1) is 12.6. The molecule has 6 nitrogen and oxygen atoms in total. The van der Waals surface area contributed by atoms with Crippen LogP contribution < -0.4 is 15.0 Å². The summed E-state index contributed by atoms with van der Waals surface area (Å²) in [6.07, 6.45) is 2.96. The van der Waals surface area contributed by atoms with Gasteiger partial charge in [-0.25, -0.2) is 0 Å². The number of piperazine rings is 1. The van der Waals surface area contributed by atoms with E-state index in [1.54, 1.807) is 0 Å². The molecular weight excluding hydrogens is 435 g/mol. The second kappa shape index (κ2) is 14.1. The molecule has 2 heterocycles. The van der Waals surface area contributed by atoms with Gasteiger partial charge in [-0.15, -0.1) is 37.2 Å². The zero-order valence-corrected chi connectivity index (χ0v) is 19.8. The van der Waals surface area contributed by atoms with E-state index in [-0.39, 0.29) is 37.2 Å². The van der Waals surface area contributed by atoms with Crippen LogP contribution in [0.4, 0.5) is 5.69 Å². The molecule has 1 unspecified atom stereocenters. The zero-order valence-electron chi connectivity index (χ0n) is 17.3. The van der Waals surface area contributed by atoms with Gasteiger partial charge in [0.25, 0.3) is 0 Å². The van der Waals surface area contributed by atoms with Crippen molar-refractivity contribution in [2.45, 2.75) is 25.3 Å². The summed E-state index contributed by atoms with van der Waals surface area (Å²) in [7, 11) is 4.10. The lowest BCUT2D eigenvalue weighted by molar-refractivity contribution is -0.131. The summed E-state index contributed by atoms with van der Waals surface area (Å²) in [6, 6.07) is 8.60. The molecule has 29 heavy (non-hydrogen) atoms. The highest BCUT2D eigenvalue weighted by atomic mass is 35.5. The molecular formula is C20H35Cl3N4O2. The Morgan fingerprint density at radius 3 is 2.45 bits per heavy atom. The molecule has 9 heteroatoms. The summed E-state index contributed by atoms with van der Waals surface area (Å²) in [5.41, 5.74) is 1.14. The van der Waals surface area contributed by atoms with E-state index in [2.05, 4.69) is 27.2 Å². The molecule has 1 amide bonds. The highest BCUT2D eigenvalue weighted by Gasteiger charge is 2.25. The van der Waals surface area contributed by atoms with Gasteiger partial charge in [0.15, 0.2) is 0 Å². The van der Waals surface area contributed by atoms with Gasteiger partial charge in [0.05, 0.1) is 5.69 Å². The predicted octanol–water partition coefficient (Wildman–Crippen LogP) is 2.68. The quantitative estimate of drug-likeness (QED) is 0.665. The minimum absolute atomic E-state index is 0. The Bertz CT molecular complexity index is 593. The Morgan fingerprint density at radius 1 is 1.14 bits per heavy atom. The first kappa shape index (κ1) is 28.1. The van der Waals surface area contributed by atoms with Crippen molar-refractivity contribution in [1.82, 2.24) is 15.1 Å². The Hall–Kier alpha value is -0.920. The fraction of sp³-hybridized carbons (Fsp3) is 0.650. The minimum Gasteiger partial charge on any atom is -0.490 e. The normalized spacial score (nSPS) is 18.5. The molecule has 1 atom stereocenters. The molecule has 0 bridgehead atoms. The average molecular weight is 470 g/mol. The fourth-order valence-electron chi connectivity index (χ4n) is 3.65. The van der Waals surface area contributed by atoms with Gasteiger partial charge in [-0.3, -0.25) is 4.79 Å². The molecule has 2 aliphatic rings. The van der Waals surface area contributed by atoms with Crippen molar-refractivity contribution in [1.29, 1.82) is 0 Å². The molecule has 0 aliphatic carbocycles. The van der Waals surface area contributed by atoms with Crippen LogP contribution in [0.25, 0.3) is 0 Å². The zero-order chi connectivity index (χ0) is 18.4. The Labute approximate surface area is 193 Å². The van der Waals surface area contributed by atoms with Crippen molar-refractivity contribution in [2.24, 2.45) is 0 Å². The number of benzene rings is 1. The molecule has 2 saturated heterocycles. The number of carbonyl (C=O) groups excluding carboxylic acids is 1. The van der Waals surface area contributed by atoms with Crippen LogP contribution in [-0.4, -0.2) is 81.7 Å². The summed E-state index contributed by atoms with van der Waals surface area (Å²) in [5.74, 6) is 1.23. The topological polar surface area (TPSA) is 48.1 Å². The number of halogens is 3. The number of ether oxygens (including phenoxy) is 1. The molecule has 2 aliphatic heterocycles. The van der Waals surface area contributed by atoms with Crippen molar-refractivity contribution in [3.8, 4) is 5.75 Å². The van der Waals surface area contributed by atoms with Gasteiger partial charge < -0.3 is 24.8 Å². The summed E-state index contributed by atoms with van der Waals surface area (Å²) in [6.45, 7) is 5.92. The molecule has 3 rings (SSSR count). The lowest BCUT2D eigenvalue weighted by Crippen LogP contribution is -2.49. The third-order valence-corrected chi connectivity index (χ3v) is 5.22. The number of para-hydroxylation sites is 2. The van der Waals surface area contributed by atoms with Gasteiger partial charge in [-0.05, 0) is 45.6 Å². The van der Waals surface area contributed by atoms with E-state index in [1.165, 1.54) is 6.42 Å². The monoisotopic (exact) mass is 468 g/mol. The molecule has 0 radical (unpaired) electrons. The summed E-state index contributed by atoms with van der Waals surface area (Å²) < 4.78 is 5.99. The van der Waals surface area contributed by atoms with Crippen LogP contribution in [0.1, 0.15) is 19.3 Å². The largest absolute Gasteiger partial charge is 0.490 e. The number of anilines is 1. The number of likely N-dealkylation sites (N-methyl/N-ethyl adjacent to an activating group) is 1. The fourth-order valence-corrected chi connectivity index (χ4v) is 3.65. The summed E-state index contributed by atoms with van der Waals surface area (Å²) >= 11 is 0. The van der Waals surface area contributed by atoms with Gasteiger partial charge >= 0.3 is 0 Å². The highest BCUT2D eigenvalue weighted by Crippen LogP contribution is 2.29. The van der Waals surface area contributed by atoms with Crippen molar-refractivity contribution in [3.05, 3.63) is 24.3 Å². The van der Waals surface area contributed by atoms with Crippen LogP contribution in [0.15, 0.2) is 24.3 Å². The number of nitrogens with zero attached hydrogens (tertiary/aromatic N) is 3. The number of hydrogen-bond donors (Lipinski definition) is 1. The number of rotatable bonds is 7. The number of amides is 1. The Morgan fingerprint density at radius 2 is 1.83 bits per heavy atom. The molecule has 1 aromatic rings. The highest BCUT2D eigenvalue weighted by molar-refractivity contribution is 5.86. The Balaban J connectivity index is 0.00000261. The molecule has 0 aromatic heterocycles. The van der Waals surface area contributed by atoms with Crippen LogP contribution in [0.2, 0.25) is 0 Å². The summed E-state index contributed by atoms with van der Waals surface area (Å²) in [4.78, 5) is 19.0. The average Bonchev–Trinajstić information content (AvgIpc) is 3.15. The Kier molecular flexibility index (Phi) is 13.7. The third kappa shape index (κ3) is 8.38.